The van der Waals surface area contributed by atoms with Crippen LogP contribution in [-0.4, -0.2) is 36.8 Å². The summed E-state index contributed by atoms with van der Waals surface area (Å²) in [5.41, 5.74) is 1.03. The summed E-state index contributed by atoms with van der Waals surface area (Å²) in [5, 5.41) is 13.7. The normalized spacial score (nSPS) is 14.0. The van der Waals surface area contributed by atoms with Crippen molar-refractivity contribution in [2.45, 2.75) is 51.9 Å². The SMILES string of the molecule is CCCn1c(-c2ccncc2)nn(CN(CCC#N)C2CC2)c1=S. The molecule has 2 aromatic heterocycles. The highest BCUT2D eigenvalue weighted by Gasteiger charge is 2.29. The van der Waals surface area contributed by atoms with Crippen molar-refractivity contribution in [3.8, 4) is 17.5 Å². The smallest absolute Gasteiger partial charge is 0.199 e. The molecule has 126 valence electrons. The second-order valence-corrected chi connectivity index (χ2v) is 6.45. The minimum absolute atomic E-state index is 0.538. The van der Waals surface area contributed by atoms with Gasteiger partial charge in [0, 0.05) is 43.5 Å². The lowest BCUT2D eigenvalue weighted by molar-refractivity contribution is 0.199. The quantitative estimate of drug-likeness (QED) is 0.689. The molecule has 0 spiro atoms. The zero-order valence-corrected chi connectivity index (χ0v) is 14.7. The minimum atomic E-state index is 0.538. The molecule has 0 aromatic carbocycles. The molecule has 2 heterocycles. The lowest BCUT2D eigenvalue weighted by atomic mass is 10.2. The predicted molar refractivity (Wildman–Crippen MR) is 94.5 cm³/mol. The van der Waals surface area contributed by atoms with E-state index >= 15 is 0 Å². The fraction of sp³-hybridized carbons (Fsp3) is 0.529. The van der Waals surface area contributed by atoms with Crippen LogP contribution in [0.3, 0.4) is 0 Å². The maximum Gasteiger partial charge on any atom is 0.199 e. The monoisotopic (exact) mass is 342 g/mol. The summed E-state index contributed by atoms with van der Waals surface area (Å²) in [6, 6.07) is 6.73. The zero-order chi connectivity index (χ0) is 16.9. The van der Waals surface area contributed by atoms with Crippen LogP contribution in [-0.2, 0) is 13.2 Å². The third-order valence-corrected chi connectivity index (χ3v) is 4.63. The van der Waals surface area contributed by atoms with E-state index in [0.717, 1.165) is 35.7 Å². The average Bonchev–Trinajstić information content (AvgIpc) is 3.41. The molecule has 1 fully saturated rings. The van der Waals surface area contributed by atoms with E-state index in [1.165, 1.54) is 12.8 Å². The van der Waals surface area contributed by atoms with Gasteiger partial charge in [0.1, 0.15) is 0 Å². The molecule has 0 aliphatic heterocycles. The Balaban J connectivity index is 1.91. The van der Waals surface area contributed by atoms with Crippen LogP contribution in [0.4, 0.5) is 0 Å². The number of hydrogen-bond donors (Lipinski definition) is 0. The zero-order valence-electron chi connectivity index (χ0n) is 13.9. The second kappa shape index (κ2) is 7.69. The minimum Gasteiger partial charge on any atom is -0.300 e. The molecule has 1 aliphatic rings. The number of hydrogen-bond acceptors (Lipinski definition) is 5. The van der Waals surface area contributed by atoms with Crippen molar-refractivity contribution in [2.75, 3.05) is 6.54 Å². The van der Waals surface area contributed by atoms with Crippen LogP contribution in [0.2, 0.25) is 0 Å². The Kier molecular flexibility index (Phi) is 5.38. The summed E-state index contributed by atoms with van der Waals surface area (Å²) in [6.45, 7) is 4.41. The van der Waals surface area contributed by atoms with Crippen molar-refractivity contribution in [3.63, 3.8) is 0 Å². The van der Waals surface area contributed by atoms with Gasteiger partial charge in [-0.25, -0.2) is 4.68 Å². The van der Waals surface area contributed by atoms with Gasteiger partial charge in [-0.15, -0.1) is 0 Å². The lowest BCUT2D eigenvalue weighted by Gasteiger charge is -2.20. The average molecular weight is 342 g/mol. The molecule has 0 amide bonds. The predicted octanol–water partition coefficient (Wildman–Crippen LogP) is 3.22. The first kappa shape index (κ1) is 16.8. The van der Waals surface area contributed by atoms with Crippen molar-refractivity contribution in [1.82, 2.24) is 24.2 Å². The van der Waals surface area contributed by atoms with Gasteiger partial charge in [-0.05, 0) is 43.6 Å². The van der Waals surface area contributed by atoms with Crippen LogP contribution in [0.15, 0.2) is 24.5 Å². The molecule has 6 nitrogen and oxygen atoms in total. The molecule has 0 atom stereocenters. The number of nitrogens with zero attached hydrogens (tertiary/aromatic N) is 6. The molecule has 2 aromatic rings. The molecule has 0 unspecified atom stereocenters. The standard InChI is InChI=1S/C17H22N6S/c1-2-11-22-16(14-6-9-19-10-7-14)20-23(17(22)24)13-21(12-3-8-18)15-4-5-15/h6-7,9-10,15H,2-5,11-13H2,1H3. The van der Waals surface area contributed by atoms with E-state index in [2.05, 4.69) is 27.4 Å². The third-order valence-electron chi connectivity index (χ3n) is 4.20. The van der Waals surface area contributed by atoms with Crippen molar-refractivity contribution in [3.05, 3.63) is 29.3 Å². The van der Waals surface area contributed by atoms with Crippen LogP contribution in [0.5, 0.6) is 0 Å². The molecule has 1 saturated carbocycles. The number of aromatic nitrogens is 4. The number of nitriles is 1. The van der Waals surface area contributed by atoms with E-state index in [0.29, 0.717) is 19.1 Å². The van der Waals surface area contributed by atoms with Gasteiger partial charge in [-0.1, -0.05) is 6.92 Å². The highest BCUT2D eigenvalue weighted by Crippen LogP contribution is 2.28. The van der Waals surface area contributed by atoms with E-state index in [4.69, 9.17) is 22.6 Å². The summed E-state index contributed by atoms with van der Waals surface area (Å²) in [7, 11) is 0. The van der Waals surface area contributed by atoms with Gasteiger partial charge >= 0.3 is 0 Å². The van der Waals surface area contributed by atoms with Crippen molar-refractivity contribution < 1.29 is 0 Å². The van der Waals surface area contributed by atoms with E-state index in [9.17, 15) is 0 Å². The molecular formula is C17H22N6S. The molecular weight excluding hydrogens is 320 g/mol. The van der Waals surface area contributed by atoms with Crippen molar-refractivity contribution in [2.24, 2.45) is 0 Å². The van der Waals surface area contributed by atoms with Crippen LogP contribution >= 0.6 is 12.2 Å². The van der Waals surface area contributed by atoms with Crippen LogP contribution in [0.1, 0.15) is 32.6 Å². The first-order chi connectivity index (χ1) is 11.7. The van der Waals surface area contributed by atoms with Crippen molar-refractivity contribution in [1.29, 1.82) is 5.26 Å². The van der Waals surface area contributed by atoms with Gasteiger partial charge in [0.2, 0.25) is 0 Å². The van der Waals surface area contributed by atoms with Gasteiger partial charge in [0.05, 0.1) is 12.7 Å². The number of pyridine rings is 1. The third kappa shape index (κ3) is 3.71. The van der Waals surface area contributed by atoms with E-state index in [1.807, 2.05) is 16.8 Å². The Morgan fingerprint density at radius 2 is 2.12 bits per heavy atom. The fourth-order valence-corrected chi connectivity index (χ4v) is 3.12. The summed E-state index contributed by atoms with van der Waals surface area (Å²) in [5.74, 6) is 0.889. The largest absolute Gasteiger partial charge is 0.300 e. The van der Waals surface area contributed by atoms with Gasteiger partial charge in [0.25, 0.3) is 0 Å². The Labute approximate surface area is 147 Å². The summed E-state index contributed by atoms with van der Waals surface area (Å²) >= 11 is 5.67. The Morgan fingerprint density at radius 1 is 1.38 bits per heavy atom. The molecule has 1 aliphatic carbocycles. The molecule has 0 radical (unpaired) electrons. The molecule has 24 heavy (non-hydrogen) atoms. The summed E-state index contributed by atoms with van der Waals surface area (Å²) < 4.78 is 4.74. The first-order valence-electron chi connectivity index (χ1n) is 8.43. The number of rotatable bonds is 8. The van der Waals surface area contributed by atoms with Crippen molar-refractivity contribution >= 4 is 12.2 Å². The maximum atomic E-state index is 8.88. The summed E-state index contributed by atoms with van der Waals surface area (Å²) in [6.07, 6.45) is 7.49. The van der Waals surface area contributed by atoms with E-state index < -0.39 is 0 Å². The van der Waals surface area contributed by atoms with Gasteiger partial charge < -0.3 is 0 Å². The molecule has 7 heteroatoms. The molecule has 0 N–H and O–H groups in total. The maximum absolute atomic E-state index is 8.88. The van der Waals surface area contributed by atoms with Crippen LogP contribution < -0.4 is 0 Å². The Hall–Kier alpha value is -2.04. The van der Waals surface area contributed by atoms with Gasteiger partial charge in [0.15, 0.2) is 10.6 Å². The fourth-order valence-electron chi connectivity index (χ4n) is 2.85. The molecule has 0 bridgehead atoms. The Bertz CT molecular complexity index is 769. The summed E-state index contributed by atoms with van der Waals surface area (Å²) in [4.78, 5) is 6.40. The Morgan fingerprint density at radius 3 is 2.75 bits per heavy atom. The van der Waals surface area contributed by atoms with E-state index in [1.54, 1.807) is 12.4 Å². The molecule has 0 saturated heterocycles. The van der Waals surface area contributed by atoms with Crippen LogP contribution in [0, 0.1) is 16.1 Å². The van der Waals surface area contributed by atoms with E-state index in [-0.39, 0.29) is 0 Å². The highest BCUT2D eigenvalue weighted by atomic mass is 32.1. The van der Waals surface area contributed by atoms with Gasteiger partial charge in [-0.2, -0.15) is 10.4 Å². The molecule has 3 rings (SSSR count). The lowest BCUT2D eigenvalue weighted by Crippen LogP contribution is -2.30. The van der Waals surface area contributed by atoms with Crippen LogP contribution in [0.25, 0.3) is 11.4 Å². The second-order valence-electron chi connectivity index (χ2n) is 6.09. The topological polar surface area (TPSA) is 62.7 Å². The highest BCUT2D eigenvalue weighted by molar-refractivity contribution is 7.71. The first-order valence-corrected chi connectivity index (χ1v) is 8.84. The van der Waals surface area contributed by atoms with Gasteiger partial charge in [-0.3, -0.25) is 14.5 Å².